The fourth-order valence-corrected chi connectivity index (χ4v) is 2.87. The number of rotatable bonds is 5. The van der Waals surface area contributed by atoms with Crippen LogP contribution in [0.3, 0.4) is 0 Å². The Hall–Kier alpha value is -1.27. The van der Waals surface area contributed by atoms with Crippen LogP contribution in [0.15, 0.2) is 23.1 Å². The molecule has 1 aliphatic carbocycles. The predicted octanol–water partition coefficient (Wildman–Crippen LogP) is 1.65. The van der Waals surface area contributed by atoms with Crippen molar-refractivity contribution in [1.82, 2.24) is 0 Å². The molecule has 0 spiro atoms. The van der Waals surface area contributed by atoms with E-state index in [9.17, 15) is 8.42 Å². The van der Waals surface area contributed by atoms with Crippen LogP contribution in [0.1, 0.15) is 19.3 Å². The van der Waals surface area contributed by atoms with Crippen molar-refractivity contribution in [2.45, 2.75) is 29.8 Å². The first-order chi connectivity index (χ1) is 8.86. The van der Waals surface area contributed by atoms with Crippen LogP contribution in [-0.2, 0) is 14.6 Å². The van der Waals surface area contributed by atoms with E-state index in [-0.39, 0.29) is 10.5 Å². The zero-order chi connectivity index (χ0) is 14.1. The van der Waals surface area contributed by atoms with Gasteiger partial charge in [0.25, 0.3) is 0 Å². The summed E-state index contributed by atoms with van der Waals surface area (Å²) in [5.41, 5.74) is 6.97. The van der Waals surface area contributed by atoms with Crippen molar-refractivity contribution < 1.29 is 13.2 Å². The van der Waals surface area contributed by atoms with Crippen molar-refractivity contribution in [2.24, 2.45) is 0 Å². The highest BCUT2D eigenvalue weighted by molar-refractivity contribution is 7.90. The number of ether oxygens (including phenoxy) is 1. The highest BCUT2D eigenvalue weighted by Crippen LogP contribution is 2.35. The SMILES string of the molecule is COC1(CNc2ccc(S(C)(=O)=O)cc2N)CCC1. The lowest BCUT2D eigenvalue weighted by Crippen LogP contribution is -2.45. The fraction of sp³-hybridized carbons (Fsp3) is 0.538. The lowest BCUT2D eigenvalue weighted by atomic mass is 9.80. The van der Waals surface area contributed by atoms with Crippen molar-refractivity contribution in [3.8, 4) is 0 Å². The molecule has 106 valence electrons. The lowest BCUT2D eigenvalue weighted by molar-refractivity contribution is -0.0601. The number of benzene rings is 1. The summed E-state index contributed by atoms with van der Waals surface area (Å²) in [5.74, 6) is 0. The number of nitrogen functional groups attached to an aromatic ring is 1. The second kappa shape index (κ2) is 5.02. The average Bonchev–Trinajstić information content (AvgIpc) is 2.28. The Morgan fingerprint density at radius 3 is 2.53 bits per heavy atom. The second-order valence-corrected chi connectivity index (χ2v) is 7.13. The molecule has 0 atom stereocenters. The molecule has 19 heavy (non-hydrogen) atoms. The number of anilines is 2. The summed E-state index contributed by atoms with van der Waals surface area (Å²) in [7, 11) is -1.50. The predicted molar refractivity (Wildman–Crippen MR) is 76.0 cm³/mol. The Bertz CT molecular complexity index is 560. The summed E-state index contributed by atoms with van der Waals surface area (Å²) in [6.07, 6.45) is 4.43. The highest BCUT2D eigenvalue weighted by atomic mass is 32.2. The Labute approximate surface area is 114 Å². The molecule has 1 fully saturated rings. The Balaban J connectivity index is 2.10. The molecule has 0 aromatic heterocycles. The normalized spacial score (nSPS) is 17.8. The van der Waals surface area contributed by atoms with Gasteiger partial charge in [-0.05, 0) is 37.5 Å². The van der Waals surface area contributed by atoms with Crippen LogP contribution in [0.5, 0.6) is 0 Å². The number of hydrogen-bond donors (Lipinski definition) is 2. The van der Waals surface area contributed by atoms with Crippen LogP contribution in [0.4, 0.5) is 11.4 Å². The maximum atomic E-state index is 11.4. The van der Waals surface area contributed by atoms with Gasteiger partial charge in [0.1, 0.15) is 0 Å². The van der Waals surface area contributed by atoms with E-state index in [4.69, 9.17) is 10.5 Å². The van der Waals surface area contributed by atoms with Crippen molar-refractivity contribution in [2.75, 3.05) is 31.0 Å². The van der Waals surface area contributed by atoms with Gasteiger partial charge in [0.05, 0.1) is 21.9 Å². The van der Waals surface area contributed by atoms with E-state index in [0.29, 0.717) is 12.2 Å². The van der Waals surface area contributed by atoms with Gasteiger partial charge in [-0.1, -0.05) is 0 Å². The van der Waals surface area contributed by atoms with Crippen molar-refractivity contribution in [1.29, 1.82) is 0 Å². The number of nitrogens with two attached hydrogens (primary N) is 1. The molecule has 0 saturated heterocycles. The summed E-state index contributed by atoms with van der Waals surface area (Å²) >= 11 is 0. The largest absolute Gasteiger partial charge is 0.397 e. The molecule has 0 radical (unpaired) electrons. The lowest BCUT2D eigenvalue weighted by Gasteiger charge is -2.40. The summed E-state index contributed by atoms with van der Waals surface area (Å²) in [6, 6.07) is 4.75. The molecule has 5 nitrogen and oxygen atoms in total. The van der Waals surface area contributed by atoms with Gasteiger partial charge < -0.3 is 15.8 Å². The van der Waals surface area contributed by atoms with Gasteiger partial charge in [0.15, 0.2) is 9.84 Å². The number of sulfone groups is 1. The molecule has 1 aromatic carbocycles. The van der Waals surface area contributed by atoms with E-state index < -0.39 is 9.84 Å². The first-order valence-electron chi connectivity index (χ1n) is 6.25. The minimum absolute atomic E-state index is 0.0953. The van der Waals surface area contributed by atoms with Crippen molar-refractivity contribution in [3.05, 3.63) is 18.2 Å². The van der Waals surface area contributed by atoms with Crippen LogP contribution >= 0.6 is 0 Å². The molecule has 1 aliphatic rings. The molecule has 0 amide bonds. The van der Waals surface area contributed by atoms with Crippen molar-refractivity contribution >= 4 is 21.2 Å². The third-order valence-electron chi connectivity index (χ3n) is 3.75. The van der Waals surface area contributed by atoms with Gasteiger partial charge in [0, 0.05) is 19.9 Å². The zero-order valence-corrected chi connectivity index (χ0v) is 12.1. The minimum Gasteiger partial charge on any atom is -0.397 e. The first-order valence-corrected chi connectivity index (χ1v) is 8.14. The van der Waals surface area contributed by atoms with Gasteiger partial charge in [-0.15, -0.1) is 0 Å². The van der Waals surface area contributed by atoms with E-state index in [1.54, 1.807) is 19.2 Å². The molecule has 0 aliphatic heterocycles. The molecular weight excluding hydrogens is 264 g/mol. The third-order valence-corrected chi connectivity index (χ3v) is 4.86. The molecule has 2 rings (SSSR count). The molecule has 0 bridgehead atoms. The van der Waals surface area contributed by atoms with Gasteiger partial charge in [-0.2, -0.15) is 0 Å². The minimum atomic E-state index is -3.22. The molecule has 1 aromatic rings. The zero-order valence-electron chi connectivity index (χ0n) is 11.3. The van der Waals surface area contributed by atoms with E-state index in [2.05, 4.69) is 5.32 Å². The smallest absolute Gasteiger partial charge is 0.175 e. The topological polar surface area (TPSA) is 81.4 Å². The van der Waals surface area contributed by atoms with Crippen LogP contribution in [0.2, 0.25) is 0 Å². The molecule has 0 unspecified atom stereocenters. The van der Waals surface area contributed by atoms with Crippen LogP contribution in [0, 0.1) is 0 Å². The summed E-state index contributed by atoms with van der Waals surface area (Å²) in [5, 5.41) is 3.24. The average molecular weight is 284 g/mol. The van der Waals surface area contributed by atoms with E-state index in [0.717, 1.165) is 18.5 Å². The van der Waals surface area contributed by atoms with Gasteiger partial charge in [-0.25, -0.2) is 8.42 Å². The summed E-state index contributed by atoms with van der Waals surface area (Å²) in [6.45, 7) is 0.686. The maximum Gasteiger partial charge on any atom is 0.175 e. The standard InChI is InChI=1S/C13H20N2O3S/c1-18-13(6-3-7-13)9-15-12-5-4-10(8-11(12)14)19(2,16)17/h4-5,8,15H,3,6-7,9,14H2,1-2H3. The molecule has 3 N–H and O–H groups in total. The van der Waals surface area contributed by atoms with Crippen LogP contribution in [-0.4, -0.2) is 33.9 Å². The molecule has 1 saturated carbocycles. The van der Waals surface area contributed by atoms with Gasteiger partial charge >= 0.3 is 0 Å². The van der Waals surface area contributed by atoms with E-state index >= 15 is 0 Å². The van der Waals surface area contributed by atoms with Crippen LogP contribution < -0.4 is 11.1 Å². The highest BCUT2D eigenvalue weighted by Gasteiger charge is 2.36. The second-order valence-electron chi connectivity index (χ2n) is 5.12. The monoisotopic (exact) mass is 284 g/mol. The Morgan fingerprint density at radius 2 is 2.11 bits per heavy atom. The van der Waals surface area contributed by atoms with Crippen molar-refractivity contribution in [3.63, 3.8) is 0 Å². The van der Waals surface area contributed by atoms with E-state index in [1.807, 2.05) is 0 Å². The van der Waals surface area contributed by atoms with Gasteiger partial charge in [0.2, 0.25) is 0 Å². The molecule has 6 heteroatoms. The molecule has 0 heterocycles. The Morgan fingerprint density at radius 1 is 1.42 bits per heavy atom. The quantitative estimate of drug-likeness (QED) is 0.804. The third kappa shape index (κ3) is 3.01. The van der Waals surface area contributed by atoms with Crippen LogP contribution in [0.25, 0.3) is 0 Å². The van der Waals surface area contributed by atoms with Gasteiger partial charge in [-0.3, -0.25) is 0 Å². The molecular formula is C13H20N2O3S. The maximum absolute atomic E-state index is 11.4. The van der Waals surface area contributed by atoms with E-state index in [1.165, 1.54) is 18.7 Å². The fourth-order valence-electron chi connectivity index (χ4n) is 2.21. The Kier molecular flexibility index (Phi) is 3.73. The number of nitrogens with one attached hydrogen (secondary N) is 1. The summed E-state index contributed by atoms with van der Waals surface area (Å²) in [4.78, 5) is 0.237. The number of hydrogen-bond acceptors (Lipinski definition) is 5. The first kappa shape index (κ1) is 14.1. The number of methoxy groups -OCH3 is 1. The summed E-state index contributed by atoms with van der Waals surface area (Å²) < 4.78 is 28.4.